The van der Waals surface area contributed by atoms with E-state index >= 15 is 0 Å². The van der Waals surface area contributed by atoms with Crippen LogP contribution in [0.2, 0.25) is 0 Å². The van der Waals surface area contributed by atoms with Crippen LogP contribution in [0, 0.1) is 11.3 Å². The van der Waals surface area contributed by atoms with Gasteiger partial charge in [0.2, 0.25) is 0 Å². The lowest BCUT2D eigenvalue weighted by Gasteiger charge is -2.26. The van der Waals surface area contributed by atoms with Gasteiger partial charge in [-0.05, 0) is 47.5 Å². The van der Waals surface area contributed by atoms with Crippen molar-refractivity contribution >= 4 is 27.6 Å². The number of hydrogen-bond acceptors (Lipinski definition) is 5. The molecule has 3 N–H and O–H groups in total. The average molecular weight is 312 g/mol. The Balaban J connectivity index is 3.13. The van der Waals surface area contributed by atoms with Crippen molar-refractivity contribution in [2.45, 2.75) is 26.3 Å². The summed E-state index contributed by atoms with van der Waals surface area (Å²) in [7, 11) is 0. The van der Waals surface area contributed by atoms with Gasteiger partial charge in [-0.2, -0.15) is 5.26 Å². The molecule has 0 saturated heterocycles. The Hall–Kier alpha value is -1.58. The van der Waals surface area contributed by atoms with E-state index in [1.54, 1.807) is 12.1 Å². The lowest BCUT2D eigenvalue weighted by Crippen LogP contribution is -2.37. The van der Waals surface area contributed by atoms with Gasteiger partial charge in [0.15, 0.2) is 0 Å². The highest BCUT2D eigenvalue weighted by molar-refractivity contribution is 9.10. The molecule has 1 aromatic rings. The maximum absolute atomic E-state index is 10.8. The smallest absolute Gasteiger partial charge is 0.321 e. The molecule has 0 saturated carbocycles. The molecule has 0 unspecified atom stereocenters. The van der Waals surface area contributed by atoms with Gasteiger partial charge >= 0.3 is 5.97 Å². The minimum Gasteiger partial charge on any atom is -0.397 e. The number of nitriles is 1. The zero-order valence-corrected chi connectivity index (χ0v) is 12.0. The van der Waals surface area contributed by atoms with Crippen LogP contribution in [0.25, 0.3) is 0 Å². The van der Waals surface area contributed by atoms with Crippen LogP contribution in [0.1, 0.15) is 31.9 Å². The second-order valence-electron chi connectivity index (χ2n) is 4.35. The van der Waals surface area contributed by atoms with Crippen molar-refractivity contribution in [1.82, 2.24) is 5.48 Å². The molecular weight excluding hydrogens is 298 g/mol. The van der Waals surface area contributed by atoms with E-state index in [0.717, 1.165) is 5.56 Å². The first-order valence-electron chi connectivity index (χ1n) is 5.22. The number of nitrogens with one attached hydrogen (secondary N) is 1. The fourth-order valence-corrected chi connectivity index (χ4v) is 1.79. The van der Waals surface area contributed by atoms with Crippen LogP contribution in [0.5, 0.6) is 0 Å². The molecule has 0 heterocycles. The maximum Gasteiger partial charge on any atom is 0.321 e. The van der Waals surface area contributed by atoms with Crippen molar-refractivity contribution in [3.63, 3.8) is 0 Å². The monoisotopic (exact) mass is 311 g/mol. The van der Waals surface area contributed by atoms with Gasteiger partial charge in [-0.1, -0.05) is 0 Å². The molecule has 0 aromatic heterocycles. The second-order valence-corrected chi connectivity index (χ2v) is 5.21. The molecule has 0 fully saturated rings. The molecule has 0 aliphatic carbocycles. The Labute approximate surface area is 114 Å². The van der Waals surface area contributed by atoms with Crippen molar-refractivity contribution in [1.29, 1.82) is 5.26 Å². The van der Waals surface area contributed by atoms with Gasteiger partial charge in [-0.25, -0.2) is 0 Å². The zero-order chi connectivity index (χ0) is 13.9. The van der Waals surface area contributed by atoms with Crippen LogP contribution in [0.15, 0.2) is 16.6 Å². The maximum atomic E-state index is 10.8. The summed E-state index contributed by atoms with van der Waals surface area (Å²) in [5.41, 5.74) is 9.32. The predicted octanol–water partition coefficient (Wildman–Crippen LogP) is 2.21. The Morgan fingerprint density at radius 2 is 2.17 bits per heavy atom. The minimum absolute atomic E-state index is 0.372. The molecule has 5 nitrogen and oxygen atoms in total. The number of anilines is 1. The van der Waals surface area contributed by atoms with Crippen molar-refractivity contribution < 1.29 is 9.63 Å². The van der Waals surface area contributed by atoms with E-state index in [4.69, 9.17) is 15.8 Å². The summed E-state index contributed by atoms with van der Waals surface area (Å²) in [6.45, 7) is 4.97. The number of halogens is 1. The molecule has 0 bridgehead atoms. The SMILES string of the molecule is CC(=O)ONC(C)(C)c1cc(Br)c(N)c(C#N)c1. The number of nitrogen functional groups attached to an aromatic ring is 1. The molecule has 0 amide bonds. The zero-order valence-electron chi connectivity index (χ0n) is 10.4. The fraction of sp³-hybridized carbons (Fsp3) is 0.333. The summed E-state index contributed by atoms with van der Waals surface area (Å²) in [6, 6.07) is 5.47. The van der Waals surface area contributed by atoms with Gasteiger partial charge in [0.05, 0.1) is 16.8 Å². The summed E-state index contributed by atoms with van der Waals surface area (Å²) >= 11 is 3.30. The number of hydroxylamine groups is 1. The first-order valence-corrected chi connectivity index (χ1v) is 6.01. The van der Waals surface area contributed by atoms with Crippen LogP contribution in [-0.4, -0.2) is 5.97 Å². The van der Waals surface area contributed by atoms with Crippen LogP contribution in [0.3, 0.4) is 0 Å². The molecule has 1 aromatic carbocycles. The largest absolute Gasteiger partial charge is 0.397 e. The molecule has 18 heavy (non-hydrogen) atoms. The van der Waals surface area contributed by atoms with E-state index < -0.39 is 11.5 Å². The number of hydrogen-bond donors (Lipinski definition) is 2. The molecule has 0 radical (unpaired) electrons. The van der Waals surface area contributed by atoms with E-state index in [2.05, 4.69) is 21.4 Å². The third-order valence-electron chi connectivity index (χ3n) is 2.42. The molecule has 0 aliphatic rings. The summed E-state index contributed by atoms with van der Waals surface area (Å²) in [5.74, 6) is -0.432. The molecule has 6 heteroatoms. The Bertz CT molecular complexity index is 521. The predicted molar refractivity (Wildman–Crippen MR) is 71.2 cm³/mol. The van der Waals surface area contributed by atoms with Crippen LogP contribution < -0.4 is 11.2 Å². The van der Waals surface area contributed by atoms with Crippen molar-refractivity contribution in [3.8, 4) is 6.07 Å². The highest BCUT2D eigenvalue weighted by atomic mass is 79.9. The lowest BCUT2D eigenvalue weighted by atomic mass is 9.93. The van der Waals surface area contributed by atoms with Crippen molar-refractivity contribution in [2.75, 3.05) is 5.73 Å². The summed E-state index contributed by atoms with van der Waals surface area (Å²) < 4.78 is 0.634. The van der Waals surface area contributed by atoms with Crippen LogP contribution in [-0.2, 0) is 15.2 Å². The van der Waals surface area contributed by atoms with Gasteiger partial charge < -0.3 is 10.6 Å². The molecule has 0 aliphatic heterocycles. The average Bonchev–Trinajstić information content (AvgIpc) is 2.30. The Morgan fingerprint density at radius 3 is 2.67 bits per heavy atom. The molecule has 1 rings (SSSR count). The normalized spacial score (nSPS) is 10.8. The third-order valence-corrected chi connectivity index (χ3v) is 3.08. The quantitative estimate of drug-likeness (QED) is 0.660. The number of carbonyl (C=O) groups excluding carboxylic acids is 1. The Kier molecular flexibility index (Phi) is 4.33. The molecule has 0 spiro atoms. The molecule has 96 valence electrons. The topological polar surface area (TPSA) is 88.1 Å². The number of benzene rings is 1. The van der Waals surface area contributed by atoms with Crippen molar-refractivity contribution in [2.24, 2.45) is 0 Å². The fourth-order valence-electron chi connectivity index (χ4n) is 1.33. The van der Waals surface area contributed by atoms with Gasteiger partial charge in [-0.15, -0.1) is 5.48 Å². The van der Waals surface area contributed by atoms with E-state index in [1.807, 2.05) is 19.9 Å². The second kappa shape index (κ2) is 5.38. The highest BCUT2D eigenvalue weighted by Crippen LogP contribution is 2.30. The standard InChI is InChI=1S/C12H14BrN3O2/c1-7(17)18-16-12(2,3)9-4-8(6-14)11(15)10(13)5-9/h4-5,16H,15H2,1-3H3. The number of carbonyl (C=O) groups is 1. The van der Waals surface area contributed by atoms with Gasteiger partial charge in [0, 0.05) is 11.4 Å². The van der Waals surface area contributed by atoms with Crippen LogP contribution in [0.4, 0.5) is 5.69 Å². The third kappa shape index (κ3) is 3.22. The van der Waals surface area contributed by atoms with Gasteiger partial charge in [-0.3, -0.25) is 4.79 Å². The highest BCUT2D eigenvalue weighted by Gasteiger charge is 2.23. The minimum atomic E-state index is -0.631. The first-order chi connectivity index (χ1) is 8.27. The number of nitrogens with zero attached hydrogens (tertiary/aromatic N) is 1. The van der Waals surface area contributed by atoms with E-state index in [-0.39, 0.29) is 0 Å². The molecular formula is C12H14BrN3O2. The van der Waals surface area contributed by atoms with E-state index in [0.29, 0.717) is 15.7 Å². The van der Waals surface area contributed by atoms with Gasteiger partial charge in [0.1, 0.15) is 6.07 Å². The summed E-state index contributed by atoms with van der Waals surface area (Å²) in [5, 5.41) is 8.99. The van der Waals surface area contributed by atoms with E-state index in [9.17, 15) is 4.79 Å². The molecule has 0 atom stereocenters. The summed E-state index contributed by atoms with van der Waals surface area (Å²) in [6.07, 6.45) is 0. The van der Waals surface area contributed by atoms with Crippen LogP contribution >= 0.6 is 15.9 Å². The Morgan fingerprint density at radius 1 is 1.56 bits per heavy atom. The van der Waals surface area contributed by atoms with Gasteiger partial charge in [0.25, 0.3) is 0 Å². The van der Waals surface area contributed by atoms with Crippen molar-refractivity contribution in [3.05, 3.63) is 27.7 Å². The summed E-state index contributed by atoms with van der Waals surface area (Å²) in [4.78, 5) is 15.6. The van der Waals surface area contributed by atoms with E-state index in [1.165, 1.54) is 6.92 Å². The lowest BCUT2D eigenvalue weighted by molar-refractivity contribution is -0.153. The number of rotatable bonds is 3. The number of nitrogens with two attached hydrogens (primary N) is 1. The first kappa shape index (κ1) is 14.5.